The number of ether oxygens (including phenoxy) is 2. The van der Waals surface area contributed by atoms with Crippen LogP contribution in [-0.2, 0) is 9.47 Å². The van der Waals surface area contributed by atoms with E-state index in [1.54, 1.807) is 24.3 Å². The first-order chi connectivity index (χ1) is 14.7. The van der Waals surface area contributed by atoms with Gasteiger partial charge in [-0.3, -0.25) is 0 Å². The van der Waals surface area contributed by atoms with E-state index in [0.717, 1.165) is 48.6 Å². The smallest absolute Gasteiger partial charge is 0.338 e. The average Bonchev–Trinajstić information content (AvgIpc) is 3.70. The van der Waals surface area contributed by atoms with Crippen molar-refractivity contribution in [3.63, 3.8) is 0 Å². The number of carbonyl (C=O) groups is 2. The Labute approximate surface area is 178 Å². The Morgan fingerprint density at radius 1 is 0.633 bits per heavy atom. The third-order valence-electron chi connectivity index (χ3n) is 5.95. The van der Waals surface area contributed by atoms with Crippen LogP contribution in [0.4, 0.5) is 0 Å². The van der Waals surface area contributed by atoms with Gasteiger partial charge in [-0.2, -0.15) is 0 Å². The quantitative estimate of drug-likeness (QED) is 0.337. The molecule has 0 saturated heterocycles. The van der Waals surface area contributed by atoms with Crippen molar-refractivity contribution in [3.8, 4) is 11.1 Å². The van der Waals surface area contributed by atoms with Crippen molar-refractivity contribution in [2.24, 2.45) is 11.8 Å². The predicted octanol–water partition coefficient (Wildman–Crippen LogP) is 6.05. The molecule has 0 amide bonds. The highest BCUT2D eigenvalue weighted by Crippen LogP contribution is 2.34. The number of esters is 2. The van der Waals surface area contributed by atoms with Crippen LogP contribution in [0.5, 0.6) is 0 Å². The number of rotatable bonds is 11. The molecule has 0 bridgehead atoms. The van der Waals surface area contributed by atoms with Crippen LogP contribution in [0.3, 0.4) is 0 Å². The Hall–Kier alpha value is -2.62. The van der Waals surface area contributed by atoms with E-state index in [9.17, 15) is 9.59 Å². The summed E-state index contributed by atoms with van der Waals surface area (Å²) in [6.07, 6.45) is 9.55. The maximum absolute atomic E-state index is 12.1. The van der Waals surface area contributed by atoms with Crippen LogP contribution in [0.15, 0.2) is 48.5 Å². The zero-order valence-corrected chi connectivity index (χ0v) is 17.5. The van der Waals surface area contributed by atoms with Crippen molar-refractivity contribution in [1.82, 2.24) is 0 Å². The molecule has 2 aromatic carbocycles. The Morgan fingerprint density at radius 3 is 1.33 bits per heavy atom. The van der Waals surface area contributed by atoms with Gasteiger partial charge >= 0.3 is 11.9 Å². The lowest BCUT2D eigenvalue weighted by Crippen LogP contribution is -2.07. The van der Waals surface area contributed by atoms with Crippen molar-refractivity contribution < 1.29 is 19.1 Å². The minimum atomic E-state index is -0.267. The molecule has 0 unspecified atom stereocenters. The van der Waals surface area contributed by atoms with Crippen LogP contribution in [-0.4, -0.2) is 25.2 Å². The van der Waals surface area contributed by atoms with Crippen LogP contribution in [0, 0.1) is 11.8 Å². The van der Waals surface area contributed by atoms with Crippen molar-refractivity contribution in [2.45, 2.75) is 51.4 Å². The highest BCUT2D eigenvalue weighted by atomic mass is 16.5. The molecular formula is C26H30O4. The van der Waals surface area contributed by atoms with E-state index < -0.39 is 0 Å². The maximum atomic E-state index is 12.1. The van der Waals surface area contributed by atoms with Crippen LogP contribution in [0.2, 0.25) is 0 Å². The molecule has 0 atom stereocenters. The lowest BCUT2D eigenvalue weighted by atomic mass is 10.0. The molecule has 4 nitrogen and oxygen atoms in total. The Morgan fingerprint density at radius 2 is 1.00 bits per heavy atom. The summed E-state index contributed by atoms with van der Waals surface area (Å²) < 4.78 is 10.7. The fourth-order valence-corrected chi connectivity index (χ4v) is 3.65. The summed E-state index contributed by atoms with van der Waals surface area (Å²) in [5, 5.41) is 0. The first-order valence-electron chi connectivity index (χ1n) is 11.2. The van der Waals surface area contributed by atoms with Crippen LogP contribution in [0.1, 0.15) is 72.1 Å². The molecular weight excluding hydrogens is 376 g/mol. The van der Waals surface area contributed by atoms with Gasteiger partial charge in [-0.25, -0.2) is 9.59 Å². The summed E-state index contributed by atoms with van der Waals surface area (Å²) in [4.78, 5) is 24.3. The number of hydrogen-bond acceptors (Lipinski definition) is 4. The first-order valence-corrected chi connectivity index (χ1v) is 11.2. The van der Waals surface area contributed by atoms with Crippen LogP contribution < -0.4 is 0 Å². The molecule has 2 aromatic rings. The monoisotopic (exact) mass is 406 g/mol. The molecule has 0 aromatic heterocycles. The van der Waals surface area contributed by atoms with E-state index in [1.807, 2.05) is 24.3 Å². The lowest BCUT2D eigenvalue weighted by molar-refractivity contribution is 0.0487. The minimum absolute atomic E-state index is 0.267. The summed E-state index contributed by atoms with van der Waals surface area (Å²) >= 11 is 0. The van der Waals surface area contributed by atoms with E-state index in [1.165, 1.54) is 25.7 Å². The second-order valence-corrected chi connectivity index (χ2v) is 8.60. The number of hydrogen-bond donors (Lipinski definition) is 0. The van der Waals surface area contributed by atoms with Crippen molar-refractivity contribution in [3.05, 3.63) is 59.7 Å². The molecule has 0 radical (unpaired) electrons. The molecule has 30 heavy (non-hydrogen) atoms. The highest BCUT2D eigenvalue weighted by molar-refractivity contribution is 5.91. The molecule has 158 valence electrons. The molecule has 2 fully saturated rings. The largest absolute Gasteiger partial charge is 0.462 e. The van der Waals surface area contributed by atoms with Crippen LogP contribution in [0.25, 0.3) is 11.1 Å². The Kier molecular flexibility index (Phi) is 6.83. The molecule has 4 rings (SSSR count). The zero-order valence-electron chi connectivity index (χ0n) is 17.5. The van der Waals surface area contributed by atoms with Crippen LogP contribution >= 0.6 is 0 Å². The Balaban J connectivity index is 1.24. The van der Waals surface area contributed by atoms with Gasteiger partial charge in [-0.1, -0.05) is 49.9 Å². The summed E-state index contributed by atoms with van der Waals surface area (Å²) in [7, 11) is 0. The van der Waals surface area contributed by atoms with Gasteiger partial charge < -0.3 is 9.47 Å². The van der Waals surface area contributed by atoms with E-state index in [-0.39, 0.29) is 11.9 Å². The molecule has 0 spiro atoms. The highest BCUT2D eigenvalue weighted by Gasteiger charge is 2.21. The summed E-state index contributed by atoms with van der Waals surface area (Å²) in [6.45, 7) is 0.991. The fourth-order valence-electron chi connectivity index (χ4n) is 3.65. The summed E-state index contributed by atoms with van der Waals surface area (Å²) in [6, 6.07) is 14.8. The van der Waals surface area contributed by atoms with Crippen molar-refractivity contribution in [1.29, 1.82) is 0 Å². The summed E-state index contributed by atoms with van der Waals surface area (Å²) in [5.74, 6) is 1.20. The third kappa shape index (κ3) is 6.19. The minimum Gasteiger partial charge on any atom is -0.462 e. The van der Waals surface area contributed by atoms with E-state index in [2.05, 4.69) is 0 Å². The maximum Gasteiger partial charge on any atom is 0.338 e. The number of benzene rings is 2. The Bertz CT molecular complexity index is 772. The average molecular weight is 407 g/mol. The third-order valence-corrected chi connectivity index (χ3v) is 5.95. The molecule has 2 aliphatic rings. The molecule has 4 heteroatoms. The topological polar surface area (TPSA) is 52.6 Å². The zero-order chi connectivity index (χ0) is 20.8. The van der Waals surface area contributed by atoms with E-state index in [0.29, 0.717) is 24.3 Å². The van der Waals surface area contributed by atoms with Gasteiger partial charge in [-0.15, -0.1) is 0 Å². The van der Waals surface area contributed by atoms with E-state index >= 15 is 0 Å². The molecule has 0 aliphatic heterocycles. The van der Waals surface area contributed by atoms with Gasteiger partial charge in [0.1, 0.15) is 0 Å². The molecule has 2 aliphatic carbocycles. The van der Waals surface area contributed by atoms with Gasteiger partial charge in [0.15, 0.2) is 0 Å². The lowest BCUT2D eigenvalue weighted by Gasteiger charge is -2.07. The number of carbonyl (C=O) groups excluding carboxylic acids is 2. The SMILES string of the molecule is O=C(OCCCC1CC1)c1ccc(-c2ccc(C(=O)OCCCC3CC3)cc2)cc1. The standard InChI is InChI=1S/C26H30O4/c27-25(29-17-1-3-19-5-6-19)23-13-9-21(10-14-23)22-11-15-24(16-12-22)26(28)30-18-2-4-20-7-8-20/h9-16,19-20H,1-8,17-18H2. The molecule has 0 N–H and O–H groups in total. The van der Waals surface area contributed by atoms with Crippen molar-refractivity contribution in [2.75, 3.05) is 13.2 Å². The first kappa shape index (κ1) is 20.6. The normalized spacial score (nSPS) is 15.6. The molecule has 0 heterocycles. The van der Waals surface area contributed by atoms with Gasteiger partial charge in [-0.05, 0) is 72.9 Å². The summed E-state index contributed by atoms with van der Waals surface area (Å²) in [5.41, 5.74) is 3.11. The van der Waals surface area contributed by atoms with Gasteiger partial charge in [0, 0.05) is 0 Å². The second kappa shape index (κ2) is 9.92. The molecule has 2 saturated carbocycles. The van der Waals surface area contributed by atoms with Gasteiger partial charge in [0.2, 0.25) is 0 Å². The predicted molar refractivity (Wildman–Crippen MR) is 116 cm³/mol. The fraction of sp³-hybridized carbons (Fsp3) is 0.462. The van der Waals surface area contributed by atoms with Gasteiger partial charge in [0.05, 0.1) is 24.3 Å². The van der Waals surface area contributed by atoms with Crippen molar-refractivity contribution >= 4 is 11.9 Å². The van der Waals surface area contributed by atoms with E-state index in [4.69, 9.17) is 9.47 Å². The second-order valence-electron chi connectivity index (χ2n) is 8.60. The van der Waals surface area contributed by atoms with Gasteiger partial charge in [0.25, 0.3) is 0 Å².